The molecule has 1 heterocycles. The second kappa shape index (κ2) is 16.1. The molecular formula is C34H45N3O9. The Morgan fingerprint density at radius 2 is 1.52 bits per heavy atom. The lowest BCUT2D eigenvalue weighted by Gasteiger charge is -2.26. The van der Waals surface area contributed by atoms with Gasteiger partial charge in [0.2, 0.25) is 0 Å². The average molecular weight is 640 g/mol. The van der Waals surface area contributed by atoms with Crippen LogP contribution < -0.4 is 19.5 Å². The molecule has 1 aliphatic rings. The molecule has 0 saturated heterocycles. The maximum Gasteiger partial charge on any atom is 0.303 e. The Morgan fingerprint density at radius 1 is 0.891 bits per heavy atom. The number of rotatable bonds is 18. The molecule has 12 nitrogen and oxygen atoms in total. The molecule has 12 heteroatoms. The summed E-state index contributed by atoms with van der Waals surface area (Å²) in [6.07, 6.45) is 1.92. The maximum atomic E-state index is 13.8. The van der Waals surface area contributed by atoms with Crippen LogP contribution in [0.3, 0.4) is 0 Å². The van der Waals surface area contributed by atoms with Gasteiger partial charge in [-0.2, -0.15) is 0 Å². The Kier molecular flexibility index (Phi) is 12.6. The SMILES string of the molecule is CCOc1cc2c(cc1C(=O)NC)C(=N)N(CC(=O)c1cc(OCCCCC(=O)O)c(OCCCCC(=O)O)c(C(C)(C)C)c1)C2. The van der Waals surface area contributed by atoms with E-state index in [4.69, 9.17) is 29.8 Å². The fraction of sp³-hybridized carbons (Fsp3) is 0.500. The molecule has 3 rings (SSSR count). The first-order chi connectivity index (χ1) is 21.8. The van der Waals surface area contributed by atoms with Crippen LogP contribution in [0.25, 0.3) is 0 Å². The lowest BCUT2D eigenvalue weighted by Crippen LogP contribution is -2.30. The number of fused-ring (bicyclic) bond motifs is 1. The van der Waals surface area contributed by atoms with E-state index in [0.717, 1.165) is 11.1 Å². The van der Waals surface area contributed by atoms with Crippen LogP contribution in [0.4, 0.5) is 0 Å². The summed E-state index contributed by atoms with van der Waals surface area (Å²) in [5.74, 6) is -0.985. The zero-order valence-electron chi connectivity index (χ0n) is 27.3. The molecule has 250 valence electrons. The number of Topliss-reactive ketones (excluding diaryl/α,β-unsaturated/α-hetero) is 1. The number of nitrogens with zero attached hydrogens (tertiary/aromatic N) is 1. The number of hydrogen-bond donors (Lipinski definition) is 4. The topological polar surface area (TPSA) is 176 Å². The summed E-state index contributed by atoms with van der Waals surface area (Å²) in [6.45, 7) is 8.81. The first kappa shape index (κ1) is 35.9. The van der Waals surface area contributed by atoms with Crippen molar-refractivity contribution in [1.29, 1.82) is 5.41 Å². The minimum atomic E-state index is -0.887. The number of ketones is 1. The molecular weight excluding hydrogens is 594 g/mol. The third kappa shape index (κ3) is 9.45. The number of benzene rings is 2. The standard InChI is InChI=1S/C34H45N3O9/c1-6-44-27-17-22-19-37(32(35)23(22)18-24(27)33(43)36-5)20-26(38)21-15-25(34(2,3)4)31(46-14-10-8-12-30(41)42)28(16-21)45-13-9-7-11-29(39)40/h15-18,35H,6-14,19-20H2,1-5H3,(H,36,43)(H,39,40)(H,41,42). The third-order valence-electron chi connectivity index (χ3n) is 7.50. The molecule has 2 aromatic rings. The van der Waals surface area contributed by atoms with Gasteiger partial charge in [-0.15, -0.1) is 0 Å². The van der Waals surface area contributed by atoms with Crippen LogP contribution in [0.5, 0.6) is 17.2 Å². The second-order valence-corrected chi connectivity index (χ2v) is 12.1. The van der Waals surface area contributed by atoms with E-state index in [9.17, 15) is 19.2 Å². The number of carboxylic acids is 2. The van der Waals surface area contributed by atoms with Gasteiger partial charge in [0.05, 0.1) is 31.9 Å². The normalized spacial score (nSPS) is 12.5. The summed E-state index contributed by atoms with van der Waals surface area (Å²) in [5, 5.41) is 29.3. The van der Waals surface area contributed by atoms with Crippen LogP contribution in [0, 0.1) is 5.41 Å². The van der Waals surface area contributed by atoms with Gasteiger partial charge >= 0.3 is 11.9 Å². The predicted octanol–water partition coefficient (Wildman–Crippen LogP) is 5.03. The van der Waals surface area contributed by atoms with Crippen LogP contribution in [0.2, 0.25) is 0 Å². The van der Waals surface area contributed by atoms with Gasteiger partial charge in [-0.3, -0.25) is 24.6 Å². The molecule has 0 radical (unpaired) electrons. The summed E-state index contributed by atoms with van der Waals surface area (Å²) in [7, 11) is 1.53. The highest BCUT2D eigenvalue weighted by Crippen LogP contribution is 2.41. The van der Waals surface area contributed by atoms with Crippen LogP contribution in [0.15, 0.2) is 24.3 Å². The van der Waals surface area contributed by atoms with Gasteiger partial charge in [0.15, 0.2) is 17.3 Å². The first-order valence-electron chi connectivity index (χ1n) is 15.5. The number of unbranched alkanes of at least 4 members (excludes halogenated alkanes) is 2. The van der Waals surface area contributed by atoms with E-state index in [1.807, 2.05) is 27.7 Å². The van der Waals surface area contributed by atoms with Crippen molar-refractivity contribution in [2.24, 2.45) is 0 Å². The lowest BCUT2D eigenvalue weighted by molar-refractivity contribution is -0.138. The Morgan fingerprint density at radius 3 is 2.09 bits per heavy atom. The Bertz CT molecular complexity index is 1460. The van der Waals surface area contributed by atoms with Crippen molar-refractivity contribution in [3.05, 3.63) is 52.1 Å². The third-order valence-corrected chi connectivity index (χ3v) is 7.50. The van der Waals surface area contributed by atoms with Crippen molar-refractivity contribution in [2.75, 3.05) is 33.4 Å². The van der Waals surface area contributed by atoms with Gasteiger partial charge in [-0.25, -0.2) is 0 Å². The summed E-state index contributed by atoms with van der Waals surface area (Å²) in [6, 6.07) is 6.77. The van der Waals surface area contributed by atoms with Crippen molar-refractivity contribution < 1.29 is 43.6 Å². The molecule has 0 spiro atoms. The summed E-state index contributed by atoms with van der Waals surface area (Å²) >= 11 is 0. The number of nitrogens with one attached hydrogen (secondary N) is 2. The van der Waals surface area contributed by atoms with E-state index in [1.54, 1.807) is 29.2 Å². The van der Waals surface area contributed by atoms with Gasteiger partial charge in [-0.1, -0.05) is 20.8 Å². The monoisotopic (exact) mass is 639 g/mol. The number of amidine groups is 1. The van der Waals surface area contributed by atoms with Crippen molar-refractivity contribution >= 4 is 29.5 Å². The van der Waals surface area contributed by atoms with Crippen LogP contribution in [0.1, 0.15) is 104 Å². The summed E-state index contributed by atoms with van der Waals surface area (Å²) in [4.78, 5) is 49.8. The predicted molar refractivity (Wildman–Crippen MR) is 172 cm³/mol. The number of hydrogen-bond acceptors (Lipinski definition) is 8. The Balaban J connectivity index is 1.89. The van der Waals surface area contributed by atoms with Crippen LogP contribution >= 0.6 is 0 Å². The highest BCUT2D eigenvalue weighted by atomic mass is 16.5. The minimum Gasteiger partial charge on any atom is -0.493 e. The van der Waals surface area contributed by atoms with Crippen molar-refractivity contribution in [1.82, 2.24) is 10.2 Å². The molecule has 0 aromatic heterocycles. The highest BCUT2D eigenvalue weighted by Gasteiger charge is 2.31. The smallest absolute Gasteiger partial charge is 0.303 e. The molecule has 0 saturated carbocycles. The highest BCUT2D eigenvalue weighted by molar-refractivity contribution is 6.07. The van der Waals surface area contributed by atoms with Gasteiger partial charge in [0.25, 0.3) is 5.91 Å². The summed E-state index contributed by atoms with van der Waals surface area (Å²) in [5.41, 5.74) is 2.29. The van der Waals surface area contributed by atoms with Gasteiger partial charge in [0.1, 0.15) is 11.6 Å². The Labute approximate surface area is 269 Å². The van der Waals surface area contributed by atoms with Gasteiger partial charge in [0, 0.05) is 43.1 Å². The van der Waals surface area contributed by atoms with Crippen molar-refractivity contribution in [2.45, 2.75) is 78.2 Å². The zero-order valence-corrected chi connectivity index (χ0v) is 27.3. The average Bonchev–Trinajstić information content (AvgIpc) is 3.28. The fourth-order valence-corrected chi connectivity index (χ4v) is 5.10. The molecule has 0 atom stereocenters. The van der Waals surface area contributed by atoms with Crippen molar-refractivity contribution in [3.63, 3.8) is 0 Å². The number of aliphatic carboxylic acids is 2. The van der Waals surface area contributed by atoms with E-state index in [0.29, 0.717) is 72.8 Å². The van der Waals surface area contributed by atoms with E-state index >= 15 is 0 Å². The quantitative estimate of drug-likeness (QED) is 0.128. The molecule has 4 N–H and O–H groups in total. The largest absolute Gasteiger partial charge is 0.493 e. The van der Waals surface area contributed by atoms with E-state index in [2.05, 4.69) is 5.32 Å². The van der Waals surface area contributed by atoms with Gasteiger partial charge < -0.3 is 34.6 Å². The van der Waals surface area contributed by atoms with Gasteiger partial charge in [-0.05, 0) is 67.9 Å². The molecule has 0 bridgehead atoms. The van der Waals surface area contributed by atoms with Crippen LogP contribution in [-0.2, 0) is 21.5 Å². The Hall–Kier alpha value is -4.61. The van der Waals surface area contributed by atoms with E-state index in [-0.39, 0.29) is 50.1 Å². The second-order valence-electron chi connectivity index (χ2n) is 12.1. The van der Waals surface area contributed by atoms with E-state index < -0.39 is 17.4 Å². The zero-order chi connectivity index (χ0) is 34.0. The molecule has 0 unspecified atom stereocenters. The molecule has 2 aromatic carbocycles. The fourth-order valence-electron chi connectivity index (χ4n) is 5.10. The van der Waals surface area contributed by atoms with Crippen molar-refractivity contribution in [3.8, 4) is 17.2 Å². The minimum absolute atomic E-state index is 0.0168. The van der Waals surface area contributed by atoms with Crippen LogP contribution in [-0.4, -0.2) is 78.0 Å². The first-order valence-corrected chi connectivity index (χ1v) is 15.5. The number of ether oxygens (including phenoxy) is 3. The maximum absolute atomic E-state index is 13.8. The number of amides is 1. The number of carbonyl (C=O) groups is 4. The number of carboxylic acid groups (broad SMARTS) is 2. The molecule has 46 heavy (non-hydrogen) atoms. The molecule has 0 aliphatic carbocycles. The molecule has 1 amide bonds. The summed E-state index contributed by atoms with van der Waals surface area (Å²) < 4.78 is 17.9. The lowest BCUT2D eigenvalue weighted by atomic mass is 9.84. The molecule has 1 aliphatic heterocycles. The number of carbonyl (C=O) groups excluding carboxylic acids is 2. The molecule has 0 fully saturated rings. The van der Waals surface area contributed by atoms with E-state index in [1.165, 1.54) is 7.05 Å².